The number of amides is 1. The van der Waals surface area contributed by atoms with Gasteiger partial charge in [0, 0.05) is 12.8 Å². The fraction of sp³-hybridized carbons (Fsp3) is 0.500. The van der Waals surface area contributed by atoms with Gasteiger partial charge in [-0.25, -0.2) is 13.6 Å². The number of halogens is 2. The fourth-order valence-electron chi connectivity index (χ4n) is 2.90. The molecular formula is C14H15F2NO3. The molecular weight excluding hydrogens is 268 g/mol. The molecule has 3 fully saturated rings. The summed E-state index contributed by atoms with van der Waals surface area (Å²) in [6.07, 6.45) is -2.81. The van der Waals surface area contributed by atoms with Gasteiger partial charge in [0.15, 0.2) is 0 Å². The number of carbonyl (C=O) groups excluding carboxylic acids is 1. The average molecular weight is 283 g/mol. The number of ether oxygens (including phenoxy) is 2. The van der Waals surface area contributed by atoms with Crippen LogP contribution in [0.15, 0.2) is 30.3 Å². The van der Waals surface area contributed by atoms with Crippen molar-refractivity contribution in [1.82, 2.24) is 5.32 Å². The maximum atomic E-state index is 12.8. The normalized spacial score (nSPS) is 30.9. The Morgan fingerprint density at radius 3 is 2.65 bits per heavy atom. The zero-order chi connectivity index (χ0) is 14.2. The number of carbonyl (C=O) groups is 1. The molecule has 4 nitrogen and oxygen atoms in total. The van der Waals surface area contributed by atoms with Gasteiger partial charge in [0.25, 0.3) is 6.43 Å². The largest absolute Gasteiger partial charge is 0.445 e. The molecule has 0 radical (unpaired) electrons. The van der Waals surface area contributed by atoms with Crippen molar-refractivity contribution in [2.45, 2.75) is 37.0 Å². The third-order valence-corrected chi connectivity index (χ3v) is 3.89. The molecule has 2 aliphatic heterocycles. The van der Waals surface area contributed by atoms with Crippen molar-refractivity contribution in [2.75, 3.05) is 6.61 Å². The third-order valence-electron chi connectivity index (χ3n) is 3.89. The standard InChI is InChI=1S/C14H15F2NO3/c15-11(16)14-7-13(8-14,9-20-14)17-12(18)19-6-10-4-2-1-3-5-10/h1-5,11H,6-9H2,(H,17,18). The quantitative estimate of drug-likeness (QED) is 0.923. The monoisotopic (exact) mass is 283 g/mol. The number of benzene rings is 1. The van der Waals surface area contributed by atoms with Crippen molar-refractivity contribution in [3.63, 3.8) is 0 Å². The Hall–Kier alpha value is -1.69. The Kier molecular flexibility index (Phi) is 3.12. The zero-order valence-corrected chi connectivity index (χ0v) is 10.8. The molecule has 2 saturated heterocycles. The van der Waals surface area contributed by atoms with E-state index in [9.17, 15) is 13.6 Å². The molecule has 20 heavy (non-hydrogen) atoms. The molecule has 0 aromatic heterocycles. The summed E-state index contributed by atoms with van der Waals surface area (Å²) in [5, 5.41) is 2.65. The maximum absolute atomic E-state index is 12.8. The highest BCUT2D eigenvalue weighted by Crippen LogP contribution is 2.54. The molecule has 108 valence electrons. The molecule has 0 spiro atoms. The average Bonchev–Trinajstić information content (AvgIpc) is 2.94. The molecule has 3 aliphatic rings. The molecule has 2 heterocycles. The van der Waals surface area contributed by atoms with E-state index in [1.54, 1.807) is 0 Å². The van der Waals surface area contributed by atoms with Crippen LogP contribution < -0.4 is 5.32 Å². The highest BCUT2D eigenvalue weighted by atomic mass is 19.3. The lowest BCUT2D eigenvalue weighted by molar-refractivity contribution is -0.122. The Bertz CT molecular complexity index is 500. The van der Waals surface area contributed by atoms with Crippen LogP contribution in [0.2, 0.25) is 0 Å². The molecule has 1 N–H and O–H groups in total. The van der Waals surface area contributed by atoms with Crippen LogP contribution in [0.3, 0.4) is 0 Å². The van der Waals surface area contributed by atoms with Gasteiger partial charge >= 0.3 is 6.09 Å². The first-order valence-corrected chi connectivity index (χ1v) is 6.45. The van der Waals surface area contributed by atoms with E-state index in [2.05, 4.69) is 5.32 Å². The van der Waals surface area contributed by atoms with E-state index < -0.39 is 23.7 Å². The van der Waals surface area contributed by atoms with Crippen molar-refractivity contribution < 1.29 is 23.0 Å². The molecule has 0 unspecified atom stereocenters. The van der Waals surface area contributed by atoms with Crippen LogP contribution in [0.25, 0.3) is 0 Å². The second-order valence-electron chi connectivity index (χ2n) is 5.47. The summed E-state index contributed by atoms with van der Waals surface area (Å²) in [6.45, 7) is 0.279. The summed E-state index contributed by atoms with van der Waals surface area (Å²) < 4.78 is 35.7. The maximum Gasteiger partial charge on any atom is 0.407 e. The molecule has 1 aliphatic carbocycles. The summed E-state index contributed by atoms with van der Waals surface area (Å²) in [5.41, 5.74) is -1.16. The second kappa shape index (κ2) is 4.70. The van der Waals surface area contributed by atoms with Crippen molar-refractivity contribution in [3.8, 4) is 0 Å². The van der Waals surface area contributed by atoms with Gasteiger partial charge in [0.1, 0.15) is 12.2 Å². The molecule has 4 rings (SSSR count). The number of nitrogens with one attached hydrogen (secondary N) is 1. The van der Waals surface area contributed by atoms with E-state index in [1.165, 1.54) is 0 Å². The van der Waals surface area contributed by atoms with Gasteiger partial charge in [-0.3, -0.25) is 0 Å². The minimum atomic E-state index is -2.51. The zero-order valence-electron chi connectivity index (χ0n) is 10.8. The van der Waals surface area contributed by atoms with Crippen LogP contribution in [-0.4, -0.2) is 30.3 Å². The van der Waals surface area contributed by atoms with E-state index in [1.807, 2.05) is 30.3 Å². The topological polar surface area (TPSA) is 47.6 Å². The minimum Gasteiger partial charge on any atom is -0.445 e. The van der Waals surface area contributed by atoms with Crippen LogP contribution in [0.1, 0.15) is 18.4 Å². The number of alkyl carbamates (subject to hydrolysis) is 1. The molecule has 6 heteroatoms. The number of fused-ring (bicyclic) bond motifs is 1. The van der Waals surface area contributed by atoms with Gasteiger partial charge in [-0.2, -0.15) is 0 Å². The highest BCUT2D eigenvalue weighted by Gasteiger charge is 2.67. The Balaban J connectivity index is 1.49. The number of hydrogen-bond acceptors (Lipinski definition) is 3. The smallest absolute Gasteiger partial charge is 0.407 e. The van der Waals surface area contributed by atoms with Crippen molar-refractivity contribution in [3.05, 3.63) is 35.9 Å². The van der Waals surface area contributed by atoms with Gasteiger partial charge in [-0.05, 0) is 5.56 Å². The summed E-state index contributed by atoms with van der Waals surface area (Å²) >= 11 is 0. The predicted molar refractivity (Wildman–Crippen MR) is 66.4 cm³/mol. The van der Waals surface area contributed by atoms with Crippen molar-refractivity contribution in [2.24, 2.45) is 0 Å². The van der Waals surface area contributed by atoms with Crippen LogP contribution in [0.5, 0.6) is 0 Å². The Morgan fingerprint density at radius 2 is 2.05 bits per heavy atom. The number of hydrogen-bond donors (Lipinski definition) is 1. The molecule has 1 amide bonds. The van der Waals surface area contributed by atoms with Crippen molar-refractivity contribution in [1.29, 1.82) is 0 Å². The van der Waals surface area contributed by atoms with E-state index >= 15 is 0 Å². The van der Waals surface area contributed by atoms with Crippen LogP contribution in [0.4, 0.5) is 13.6 Å². The molecule has 1 saturated carbocycles. The molecule has 1 aromatic carbocycles. The highest BCUT2D eigenvalue weighted by molar-refractivity contribution is 5.69. The second-order valence-corrected chi connectivity index (χ2v) is 5.47. The fourth-order valence-corrected chi connectivity index (χ4v) is 2.90. The first-order chi connectivity index (χ1) is 9.54. The SMILES string of the molecule is O=C(NC12COC(C(F)F)(C1)C2)OCc1ccccc1. The van der Waals surface area contributed by atoms with Crippen LogP contribution >= 0.6 is 0 Å². The van der Waals surface area contributed by atoms with E-state index in [0.717, 1.165) is 5.56 Å². The summed E-state index contributed by atoms with van der Waals surface area (Å²) in [6, 6.07) is 9.26. The molecule has 2 bridgehead atoms. The Morgan fingerprint density at radius 1 is 1.35 bits per heavy atom. The van der Waals surface area contributed by atoms with Gasteiger partial charge < -0.3 is 14.8 Å². The number of rotatable bonds is 4. The van der Waals surface area contributed by atoms with Gasteiger partial charge in [-0.15, -0.1) is 0 Å². The van der Waals surface area contributed by atoms with Gasteiger partial charge in [0.2, 0.25) is 0 Å². The first kappa shape index (κ1) is 13.3. The lowest BCUT2D eigenvalue weighted by Gasteiger charge is -2.43. The van der Waals surface area contributed by atoms with Crippen LogP contribution in [-0.2, 0) is 16.1 Å². The van der Waals surface area contributed by atoms with Crippen molar-refractivity contribution >= 4 is 6.09 Å². The van der Waals surface area contributed by atoms with Crippen LogP contribution in [0, 0.1) is 0 Å². The lowest BCUT2D eigenvalue weighted by atomic mass is 9.68. The minimum absolute atomic E-state index is 0.123. The van der Waals surface area contributed by atoms with Gasteiger partial charge in [0.05, 0.1) is 12.1 Å². The summed E-state index contributed by atoms with van der Waals surface area (Å²) in [5.74, 6) is 0. The molecule has 0 atom stereocenters. The predicted octanol–water partition coefficient (Wildman–Crippen LogP) is 2.48. The molecule has 1 aromatic rings. The lowest BCUT2D eigenvalue weighted by Crippen LogP contribution is -2.62. The number of alkyl halides is 2. The summed E-state index contributed by atoms with van der Waals surface area (Å²) in [4.78, 5) is 11.7. The van der Waals surface area contributed by atoms with E-state index in [-0.39, 0.29) is 26.1 Å². The van der Waals surface area contributed by atoms with Gasteiger partial charge in [-0.1, -0.05) is 30.3 Å². The first-order valence-electron chi connectivity index (χ1n) is 6.45. The van der Waals surface area contributed by atoms with E-state index in [0.29, 0.717) is 0 Å². The third kappa shape index (κ3) is 2.24. The summed E-state index contributed by atoms with van der Waals surface area (Å²) in [7, 11) is 0. The Labute approximate surface area is 115 Å². The van der Waals surface area contributed by atoms with E-state index in [4.69, 9.17) is 9.47 Å².